The largest absolute Gasteiger partial charge is 0.492 e. The Hall–Kier alpha value is -8.26. The van der Waals surface area contributed by atoms with Crippen molar-refractivity contribution < 1.29 is 135 Å². The van der Waals surface area contributed by atoms with Crippen LogP contribution in [-0.2, 0) is 87.6 Å². The van der Waals surface area contributed by atoms with Crippen LogP contribution >= 0.6 is 55.9 Å². The van der Waals surface area contributed by atoms with Gasteiger partial charge < -0.3 is 141 Å². The smallest absolute Gasteiger partial charge is 0.411 e. The summed E-state index contributed by atoms with van der Waals surface area (Å²) in [6.07, 6.45) is -7.22. The molecule has 1 unspecified atom stereocenters. The molecular weight excluding hydrogens is 2030 g/mol. The quantitative estimate of drug-likeness (QED) is 0.0141. The average Bonchev–Trinajstić information content (AvgIpc) is 0.724. The molecule has 6 aliphatic rings. The maximum Gasteiger partial charge on any atom is 0.411 e. The SMILES string of the molecule is CCN(CC(=O)NCCCNCCCCNCCCNC(=O)OCc1ccc(NC(=O)[C@H](CCCNC(N)=O)NC(=O)[C@@H](NC(=O)[C@H](CCCCN)NC(C)=O)C(C)C)cc1)[C@H]1CO[C@@H](O[C@H]2[C@H](OC[C@H]3C#C/C=C\C#CC4CC(=O)C(NC(=O)OC)=C3/C4=C\CSSC(C)C)O[C@H](C)[C@@H](NO[C@H]3C[C@H](O)[C@H](SC(=O)c4c(C)c(I)c(O[C@@H]5O[C@@H](C)[C@H](O)[C@@H](OC)[C@H]5O)c(OC)c4OC)[C@@H](C)O3)[C@@H]2O)C[C@@H]1OC. The molecule has 2 aromatic carbocycles. The Kier molecular flexibility index (Phi) is 52.1. The normalized spacial score (nSPS) is 25.9. The van der Waals surface area contributed by atoms with E-state index in [1.54, 1.807) is 107 Å². The number of alkyl carbamates (subject to hydrolysis) is 2. The summed E-state index contributed by atoms with van der Waals surface area (Å²) in [6.45, 7) is 21.9. The van der Waals surface area contributed by atoms with Gasteiger partial charge in [0.25, 0.3) is 0 Å². The summed E-state index contributed by atoms with van der Waals surface area (Å²) in [7, 11) is 10.1. The van der Waals surface area contributed by atoms with Gasteiger partial charge in [0.15, 0.2) is 36.2 Å². The lowest BCUT2D eigenvalue weighted by Crippen LogP contribution is -2.65. The second-order valence-corrected chi connectivity index (χ2v) is 41.0. The number of thioether (sulfide) groups is 1. The topological polar surface area (TPSA) is 568 Å². The maximum absolute atomic E-state index is 14.7. The van der Waals surface area contributed by atoms with Gasteiger partial charge in [-0.25, -0.2) is 14.4 Å². The highest BCUT2D eigenvalue weighted by Gasteiger charge is 2.51. The zero-order chi connectivity index (χ0) is 105. The monoisotopic (exact) mass is 2180 g/mol. The predicted octanol–water partition coefficient (Wildman–Crippen LogP) is 4.60. The van der Waals surface area contributed by atoms with Crippen molar-refractivity contribution in [1.82, 2.24) is 58.2 Å². The highest BCUT2D eigenvalue weighted by molar-refractivity contribution is 14.1. The molecule has 0 radical (unpaired) electrons. The van der Waals surface area contributed by atoms with Crippen molar-refractivity contribution in [3.8, 4) is 40.9 Å². The molecule has 4 heterocycles. The number of ether oxygens (including phenoxy) is 13. The van der Waals surface area contributed by atoms with Crippen molar-refractivity contribution in [1.29, 1.82) is 0 Å². The number of allylic oxidation sites excluding steroid dienone is 4. The minimum absolute atomic E-state index is 0.0110. The number of ketones is 1. The number of methoxy groups -OCH3 is 5. The van der Waals surface area contributed by atoms with Crippen molar-refractivity contribution in [2.24, 2.45) is 29.2 Å². The number of hydroxylamine groups is 1. The van der Waals surface area contributed by atoms with E-state index in [0.29, 0.717) is 114 Å². The number of nitrogens with two attached hydrogens (primary N) is 2. The molecule has 798 valence electrons. The van der Waals surface area contributed by atoms with Gasteiger partial charge in [-0.1, -0.05) is 110 Å². The van der Waals surface area contributed by atoms with Gasteiger partial charge >= 0.3 is 18.2 Å². The van der Waals surface area contributed by atoms with Gasteiger partial charge in [0.05, 0.1) is 116 Å². The highest BCUT2D eigenvalue weighted by Crippen LogP contribution is 2.49. The van der Waals surface area contributed by atoms with Gasteiger partial charge in [0.2, 0.25) is 46.7 Å². The lowest BCUT2D eigenvalue weighted by Gasteiger charge is -2.47. The van der Waals surface area contributed by atoms with Crippen LogP contribution in [0.5, 0.6) is 17.2 Å². The fourth-order valence-corrected chi connectivity index (χ4v) is 20.5. The molecule has 46 heteroatoms. The fraction of sp³-hybridized carbons (Fsp3) is 0.670. The molecule has 42 nitrogen and oxygen atoms in total. The number of hydrogen-bond acceptors (Lipinski definition) is 36. The molecule has 22 atom stereocenters. The number of carbonyl (C=O) groups excluding carboxylic acids is 10. The minimum atomic E-state index is -1.53. The van der Waals surface area contributed by atoms with Crippen molar-refractivity contribution in [3.63, 3.8) is 0 Å². The number of halogens is 1. The Balaban J connectivity index is 0.804. The lowest BCUT2D eigenvalue weighted by atomic mass is 9.76. The molecule has 8 rings (SSSR count). The van der Waals surface area contributed by atoms with Gasteiger partial charge in [-0.05, 0) is 194 Å². The van der Waals surface area contributed by atoms with Crippen molar-refractivity contribution in [3.05, 3.63) is 79.6 Å². The highest BCUT2D eigenvalue weighted by atomic mass is 127. The van der Waals surface area contributed by atoms with E-state index in [0.717, 1.165) is 37.7 Å². The molecule has 0 aromatic heterocycles. The number of amides is 9. The number of benzene rings is 2. The van der Waals surface area contributed by atoms with Crippen LogP contribution in [0.2, 0.25) is 0 Å². The van der Waals surface area contributed by atoms with E-state index in [4.69, 9.17) is 77.9 Å². The number of urea groups is 1. The summed E-state index contributed by atoms with van der Waals surface area (Å²) < 4.78 is 79.4. The number of aliphatic hydroxyl groups is 4. The maximum atomic E-state index is 14.7. The number of hydrogen-bond donors (Lipinski definition) is 17. The standard InChI is InChI=1S/C97H147IN14O28S3/c1-16-112(49-71(116)103-43-26-40-101-38-23-24-39-102-41-27-44-105-96(125)134-50-60-32-34-63(35-33-60)107-89(120)66(31-25-42-104-95(100)124)108-91(122)77(53(2)3)109-90(121)65(106-59(10)113)30-21-22-37-99)67-52-132-72(48-70(67)127-11)138-86-81(118)78(56(7)136-94(86)133-51-62-29-20-18-17-19-28-61-46-68(114)79(110-97(126)131-15)75(62)64(61)36-45-141-143-54(4)5)111-140-73-47-69(115)88(58(9)135-73)142-92(123)74-55(6)76(98)84(87(130-14)83(74)128-12)139-93-82(119)85(129-13)80(117)57(8)137-93/h17-18,32-36,53-54,56-58,61-62,65-67,69-70,72-73,77-78,80-82,85-86,88,93-94,101-102,111,115,117-119H,16,21-27,30-31,37-52,99H2,1-15H3,(H,103,116)(H,105,125)(H,106,113)(H,107,120)(H,108,122)(H,109,121)(H,110,126)(H3,100,104,124)/b18-17-,64-36-/t56-,57+,58-,61?,62-,65+,66+,67+,69+,70+,72+,73+,77+,78-,80+,81+,82-,85-,86-,88-,93+,94-/m1/s1. The van der Waals surface area contributed by atoms with Crippen LogP contribution < -0.4 is 84.3 Å². The van der Waals surface area contributed by atoms with Crippen LogP contribution in [0.15, 0.2) is 59.3 Å². The van der Waals surface area contributed by atoms with E-state index >= 15 is 0 Å². The Labute approximate surface area is 862 Å². The minimum Gasteiger partial charge on any atom is -0.492 e. The number of rotatable bonds is 56. The molecule has 4 aliphatic heterocycles. The number of anilines is 1. The van der Waals surface area contributed by atoms with E-state index < -0.39 is 192 Å². The third-order valence-electron chi connectivity index (χ3n) is 24.5. The molecule has 0 spiro atoms. The molecule has 2 bridgehead atoms. The van der Waals surface area contributed by atoms with Crippen LogP contribution in [0, 0.1) is 51.9 Å². The molecule has 143 heavy (non-hydrogen) atoms. The molecule has 2 aromatic rings. The number of Topliss-reactive ketones (excluding diaryl/α,β-unsaturated/α-hetero) is 1. The average molecular weight is 2180 g/mol. The van der Waals surface area contributed by atoms with E-state index in [2.05, 4.69) is 96.2 Å². The first-order chi connectivity index (χ1) is 68.5. The Morgan fingerprint density at radius 3 is 1.99 bits per heavy atom. The molecule has 4 fully saturated rings. The van der Waals surface area contributed by atoms with Gasteiger partial charge in [0, 0.05) is 82.3 Å². The third-order valence-corrected chi connectivity index (χ3v) is 30.0. The van der Waals surface area contributed by atoms with Crippen LogP contribution in [-0.4, -0.2) is 331 Å². The number of carbonyl (C=O) groups is 10. The fourth-order valence-electron chi connectivity index (χ4n) is 16.9. The molecule has 9 amide bonds. The summed E-state index contributed by atoms with van der Waals surface area (Å²) in [5.41, 5.74) is 16.4. The lowest BCUT2D eigenvalue weighted by molar-refractivity contribution is -0.336. The van der Waals surface area contributed by atoms with Crippen molar-refractivity contribution >= 4 is 120 Å². The second kappa shape index (κ2) is 62.1. The summed E-state index contributed by atoms with van der Waals surface area (Å²) in [4.78, 5) is 141. The van der Waals surface area contributed by atoms with Gasteiger partial charge in [0.1, 0.15) is 55.3 Å². The Morgan fingerprint density at radius 1 is 0.692 bits per heavy atom. The molecule has 0 saturated carbocycles. The molecule has 19 N–H and O–H groups in total. The zero-order valence-corrected chi connectivity index (χ0v) is 88.7. The molecular formula is C97H147IN14O28S3. The van der Waals surface area contributed by atoms with Crippen molar-refractivity contribution in [2.45, 2.75) is 280 Å². The predicted molar refractivity (Wildman–Crippen MR) is 544 cm³/mol. The number of likely N-dealkylation sites (N-methyl/N-ethyl adjacent to an activating group) is 1. The summed E-state index contributed by atoms with van der Waals surface area (Å²) in [6, 6.07) is 1.25. The van der Waals surface area contributed by atoms with Crippen LogP contribution in [0.4, 0.5) is 20.1 Å². The first-order valence-electron chi connectivity index (χ1n) is 48.5. The number of aliphatic hydroxyl groups excluding tert-OH is 4. The van der Waals surface area contributed by atoms with E-state index in [1.807, 2.05) is 40.5 Å². The number of nitrogens with one attached hydrogen (secondary N) is 11. The molecule has 4 saturated heterocycles. The first-order valence-corrected chi connectivity index (χ1v) is 52.8. The van der Waals surface area contributed by atoms with E-state index in [1.165, 1.54) is 35.4 Å². The third kappa shape index (κ3) is 36.9. The zero-order valence-electron chi connectivity index (χ0n) is 84.1. The Morgan fingerprint density at radius 2 is 1.36 bits per heavy atom. The van der Waals surface area contributed by atoms with E-state index in [-0.39, 0.29) is 99.4 Å². The van der Waals surface area contributed by atoms with Gasteiger partial charge in [-0.3, -0.25) is 48.6 Å². The Bertz CT molecular complexity index is 4710. The number of unbranched alkanes of at least 4 members (excludes halogenated alkanes) is 2. The van der Waals surface area contributed by atoms with Crippen LogP contribution in [0.25, 0.3) is 0 Å². The summed E-state index contributed by atoms with van der Waals surface area (Å²) in [5, 5.41) is 74.3. The molecule has 2 aliphatic carbocycles. The van der Waals surface area contributed by atoms with Crippen molar-refractivity contribution in [2.75, 3.05) is 125 Å². The summed E-state index contributed by atoms with van der Waals surface area (Å²) in [5.74, 6) is 8.48. The van der Waals surface area contributed by atoms with Crippen LogP contribution in [0.1, 0.15) is 161 Å². The number of fused-ring (bicyclic) bond motifs is 2. The van der Waals surface area contributed by atoms with Crippen LogP contribution in [0.3, 0.4) is 0 Å². The second-order valence-electron chi connectivity index (χ2n) is 35.8. The van der Waals surface area contributed by atoms with Gasteiger partial charge in [-0.2, -0.15) is 5.48 Å². The number of primary amides is 1. The first kappa shape index (κ1) is 120. The van der Waals surface area contributed by atoms with E-state index in [9.17, 15) is 68.4 Å². The number of nitrogens with zero attached hydrogens (tertiary/aromatic N) is 1. The summed E-state index contributed by atoms with van der Waals surface area (Å²) >= 11 is 2.82. The van der Waals surface area contributed by atoms with Gasteiger partial charge in [-0.15, -0.1) is 0 Å².